The van der Waals surface area contributed by atoms with Crippen molar-refractivity contribution in [3.05, 3.63) is 69.9 Å². The third-order valence-corrected chi connectivity index (χ3v) is 8.93. The summed E-state index contributed by atoms with van der Waals surface area (Å²) >= 11 is 5.03. The van der Waals surface area contributed by atoms with Crippen molar-refractivity contribution in [3.8, 4) is 11.5 Å². The first-order valence-electron chi connectivity index (χ1n) is 10.7. The van der Waals surface area contributed by atoms with Crippen LogP contribution in [0.4, 0.5) is 0 Å². The third kappa shape index (κ3) is 4.47. The first-order valence-corrected chi connectivity index (χ1v) is 13.4. The molecule has 8 heteroatoms. The lowest BCUT2D eigenvalue weighted by Gasteiger charge is -2.37. The number of ether oxygens (including phenoxy) is 2. The van der Waals surface area contributed by atoms with Crippen molar-refractivity contribution in [1.82, 2.24) is 9.88 Å². The number of para-hydroxylation sites is 1. The molecule has 0 aliphatic carbocycles. The van der Waals surface area contributed by atoms with Crippen molar-refractivity contribution < 1.29 is 14.3 Å². The monoisotopic (exact) mass is 496 g/mol. The minimum atomic E-state index is -0.103. The number of benzene rings is 2. The molecule has 1 unspecified atom stereocenters. The van der Waals surface area contributed by atoms with Gasteiger partial charge in [0.05, 0.1) is 30.5 Å². The number of methoxy groups -OCH3 is 2. The zero-order valence-electron chi connectivity index (χ0n) is 18.4. The first kappa shape index (κ1) is 22.3. The highest BCUT2D eigenvalue weighted by atomic mass is 32.2. The lowest BCUT2D eigenvalue weighted by atomic mass is 9.90. The first-order chi connectivity index (χ1) is 16.2. The largest absolute Gasteiger partial charge is 0.493 e. The van der Waals surface area contributed by atoms with E-state index in [4.69, 9.17) is 9.47 Å². The molecule has 2 aromatic carbocycles. The van der Waals surface area contributed by atoms with Crippen LogP contribution in [0.2, 0.25) is 0 Å². The summed E-state index contributed by atoms with van der Waals surface area (Å²) in [5.41, 5.74) is 3.35. The maximum Gasteiger partial charge on any atom is 0.224 e. The van der Waals surface area contributed by atoms with E-state index in [2.05, 4.69) is 28.6 Å². The standard InChI is InChI=1S/C25H24N2O3S3/c1-29-19-14-16-9-11-27(24(22-8-5-12-31-22)17(16)15-20(19)30-2)23(28)10-13-32-25-26-18-6-3-4-7-21(18)33-25/h3-8,12,14-15,24H,9-11,13H2,1-2H3. The van der Waals surface area contributed by atoms with Gasteiger partial charge in [-0.05, 0) is 53.3 Å². The maximum absolute atomic E-state index is 13.4. The number of rotatable bonds is 7. The predicted octanol–water partition coefficient (Wildman–Crippen LogP) is 6.03. The zero-order chi connectivity index (χ0) is 22.8. The summed E-state index contributed by atoms with van der Waals surface area (Å²) < 4.78 is 13.3. The molecule has 5 rings (SSSR count). The van der Waals surface area contributed by atoms with E-state index >= 15 is 0 Å². The number of carbonyl (C=O) groups excluding carboxylic acids is 1. The highest BCUT2D eigenvalue weighted by molar-refractivity contribution is 8.01. The molecule has 3 heterocycles. The molecule has 33 heavy (non-hydrogen) atoms. The van der Waals surface area contributed by atoms with Gasteiger partial charge < -0.3 is 14.4 Å². The van der Waals surface area contributed by atoms with Gasteiger partial charge in [-0.2, -0.15) is 0 Å². The summed E-state index contributed by atoms with van der Waals surface area (Å²) in [4.78, 5) is 21.3. The smallest absolute Gasteiger partial charge is 0.224 e. The van der Waals surface area contributed by atoms with Crippen molar-refractivity contribution in [2.24, 2.45) is 0 Å². The highest BCUT2D eigenvalue weighted by Crippen LogP contribution is 2.42. The number of thiazole rings is 1. The van der Waals surface area contributed by atoms with E-state index in [-0.39, 0.29) is 11.9 Å². The van der Waals surface area contributed by atoms with E-state index < -0.39 is 0 Å². The van der Waals surface area contributed by atoms with Crippen molar-refractivity contribution >= 4 is 50.6 Å². The summed E-state index contributed by atoms with van der Waals surface area (Å²) in [7, 11) is 3.30. The Balaban J connectivity index is 1.36. The molecule has 4 aromatic rings. The Kier molecular flexibility index (Phi) is 6.57. The Bertz CT molecular complexity index is 1240. The minimum Gasteiger partial charge on any atom is -0.493 e. The Morgan fingerprint density at radius 2 is 1.97 bits per heavy atom. The molecule has 0 saturated carbocycles. The van der Waals surface area contributed by atoms with Gasteiger partial charge in [0.1, 0.15) is 0 Å². The quantitative estimate of drug-likeness (QED) is 0.292. The Morgan fingerprint density at radius 3 is 2.73 bits per heavy atom. The Labute approximate surface area is 205 Å². The SMILES string of the molecule is COc1cc2c(cc1OC)C(c1cccs1)N(C(=O)CCSc1nc3ccccc3s1)CC2. The van der Waals surface area contributed by atoms with E-state index in [1.54, 1.807) is 48.7 Å². The minimum absolute atomic E-state index is 0.103. The Morgan fingerprint density at radius 1 is 1.15 bits per heavy atom. The molecular weight excluding hydrogens is 472 g/mol. The van der Waals surface area contributed by atoms with Crippen molar-refractivity contribution in [1.29, 1.82) is 0 Å². The van der Waals surface area contributed by atoms with Gasteiger partial charge in [-0.15, -0.1) is 22.7 Å². The topological polar surface area (TPSA) is 51.7 Å². The summed E-state index contributed by atoms with van der Waals surface area (Å²) in [5.74, 6) is 2.31. The van der Waals surface area contributed by atoms with Crippen LogP contribution in [0, 0.1) is 0 Å². The van der Waals surface area contributed by atoms with Crippen LogP contribution >= 0.6 is 34.4 Å². The molecule has 0 saturated heterocycles. The summed E-state index contributed by atoms with van der Waals surface area (Å²) in [6.45, 7) is 0.690. The molecule has 0 bridgehead atoms. The number of hydrogen-bond acceptors (Lipinski definition) is 7. The van der Waals surface area contributed by atoms with Crippen LogP contribution in [-0.2, 0) is 11.2 Å². The molecule has 1 atom stereocenters. The van der Waals surface area contributed by atoms with Gasteiger partial charge in [-0.1, -0.05) is 30.0 Å². The summed E-state index contributed by atoms with van der Waals surface area (Å²) in [6, 6.07) is 16.3. The van der Waals surface area contributed by atoms with Gasteiger partial charge >= 0.3 is 0 Å². The number of amides is 1. The molecule has 0 spiro atoms. The van der Waals surface area contributed by atoms with Crippen LogP contribution in [0.25, 0.3) is 10.2 Å². The van der Waals surface area contributed by atoms with Crippen LogP contribution in [0.5, 0.6) is 11.5 Å². The second-order valence-corrected chi connectivity index (χ2v) is 11.1. The van der Waals surface area contributed by atoms with Crippen LogP contribution < -0.4 is 9.47 Å². The van der Waals surface area contributed by atoms with E-state index in [9.17, 15) is 4.79 Å². The van der Waals surface area contributed by atoms with Gasteiger partial charge in [0.15, 0.2) is 15.8 Å². The zero-order valence-corrected chi connectivity index (χ0v) is 20.9. The van der Waals surface area contributed by atoms with Crippen LogP contribution in [0.15, 0.2) is 58.3 Å². The average Bonchev–Trinajstić information content (AvgIpc) is 3.52. The van der Waals surface area contributed by atoms with Gasteiger partial charge in [0.25, 0.3) is 0 Å². The molecule has 1 aliphatic rings. The fourth-order valence-electron chi connectivity index (χ4n) is 4.25. The molecule has 2 aromatic heterocycles. The van der Waals surface area contributed by atoms with Crippen molar-refractivity contribution in [3.63, 3.8) is 0 Å². The molecule has 170 valence electrons. The molecule has 1 aliphatic heterocycles. The number of thiophene rings is 1. The number of hydrogen-bond donors (Lipinski definition) is 0. The number of aromatic nitrogens is 1. The Hall–Kier alpha value is -2.55. The number of fused-ring (bicyclic) bond motifs is 2. The average molecular weight is 497 g/mol. The van der Waals surface area contributed by atoms with Gasteiger partial charge in [0.2, 0.25) is 5.91 Å². The lowest BCUT2D eigenvalue weighted by molar-refractivity contribution is -0.132. The second kappa shape index (κ2) is 9.75. The van der Waals surface area contributed by atoms with Crippen molar-refractivity contribution in [2.75, 3.05) is 26.5 Å². The van der Waals surface area contributed by atoms with E-state index in [1.165, 1.54) is 10.3 Å². The fraction of sp³-hybridized carbons (Fsp3) is 0.280. The lowest BCUT2D eigenvalue weighted by Crippen LogP contribution is -2.40. The van der Waals surface area contributed by atoms with E-state index in [0.717, 1.165) is 32.5 Å². The summed E-state index contributed by atoms with van der Waals surface area (Å²) in [5, 5.41) is 2.07. The van der Waals surface area contributed by atoms with Gasteiger partial charge in [-0.25, -0.2) is 4.98 Å². The number of carbonyl (C=O) groups is 1. The second-order valence-electron chi connectivity index (χ2n) is 7.71. The molecule has 0 radical (unpaired) electrons. The summed E-state index contributed by atoms with van der Waals surface area (Å²) in [6.07, 6.45) is 1.28. The molecule has 0 fully saturated rings. The van der Waals surface area contributed by atoms with Gasteiger partial charge in [0, 0.05) is 23.6 Å². The maximum atomic E-state index is 13.4. The molecular formula is C25H24N2O3S3. The normalized spacial score (nSPS) is 15.5. The number of thioether (sulfide) groups is 1. The fourth-order valence-corrected chi connectivity index (χ4v) is 7.17. The molecule has 5 nitrogen and oxygen atoms in total. The van der Waals surface area contributed by atoms with E-state index in [1.807, 2.05) is 35.2 Å². The van der Waals surface area contributed by atoms with Crippen LogP contribution in [0.3, 0.4) is 0 Å². The predicted molar refractivity (Wildman–Crippen MR) is 136 cm³/mol. The third-order valence-electron chi connectivity index (χ3n) is 5.82. The molecule has 1 amide bonds. The number of nitrogens with zero attached hydrogens (tertiary/aromatic N) is 2. The van der Waals surface area contributed by atoms with Crippen LogP contribution in [0.1, 0.15) is 28.5 Å². The highest BCUT2D eigenvalue weighted by Gasteiger charge is 2.33. The van der Waals surface area contributed by atoms with E-state index in [0.29, 0.717) is 24.5 Å². The van der Waals surface area contributed by atoms with Gasteiger partial charge in [-0.3, -0.25) is 4.79 Å². The van der Waals surface area contributed by atoms with Crippen LogP contribution in [-0.4, -0.2) is 42.3 Å². The van der Waals surface area contributed by atoms with Crippen molar-refractivity contribution in [2.45, 2.75) is 23.2 Å². The molecule has 0 N–H and O–H groups in total.